The Labute approximate surface area is 224 Å². The maximum Gasteiger partial charge on any atom is 0.363 e. The van der Waals surface area contributed by atoms with E-state index in [9.17, 15) is 14.9 Å². The van der Waals surface area contributed by atoms with Gasteiger partial charge in [-0.25, -0.2) is 9.79 Å². The lowest BCUT2D eigenvalue weighted by Crippen LogP contribution is -2.08. The van der Waals surface area contributed by atoms with Gasteiger partial charge in [0.25, 0.3) is 5.69 Å². The SMILES string of the molecule is CCOc1cc(/C=C2\N=C(c3cccc([N+](=O)[O-])c3C)OC2=O)cc(Br)c1OCc1ccc(Br)cc1. The molecule has 3 aromatic carbocycles. The molecular formula is C26H20Br2N2O6. The van der Waals surface area contributed by atoms with Crippen molar-refractivity contribution in [1.29, 1.82) is 0 Å². The summed E-state index contributed by atoms with van der Waals surface area (Å²) in [6.07, 6.45) is 1.56. The molecule has 8 nitrogen and oxygen atoms in total. The van der Waals surface area contributed by atoms with Crippen molar-refractivity contribution in [3.63, 3.8) is 0 Å². The summed E-state index contributed by atoms with van der Waals surface area (Å²) in [6.45, 7) is 4.21. The average molecular weight is 616 g/mol. The fourth-order valence-corrected chi connectivity index (χ4v) is 4.38. The van der Waals surface area contributed by atoms with Crippen LogP contribution in [0.15, 0.2) is 74.2 Å². The van der Waals surface area contributed by atoms with E-state index in [1.54, 1.807) is 31.2 Å². The molecule has 0 N–H and O–H groups in total. The number of halogens is 2. The molecule has 0 fully saturated rings. The lowest BCUT2D eigenvalue weighted by molar-refractivity contribution is -0.385. The number of aliphatic imine (C=N–C) groups is 1. The molecule has 0 spiro atoms. The van der Waals surface area contributed by atoms with Crippen LogP contribution >= 0.6 is 31.9 Å². The van der Waals surface area contributed by atoms with Gasteiger partial charge in [-0.3, -0.25) is 10.1 Å². The van der Waals surface area contributed by atoms with Crippen molar-refractivity contribution >= 4 is 55.5 Å². The van der Waals surface area contributed by atoms with Gasteiger partial charge < -0.3 is 14.2 Å². The van der Waals surface area contributed by atoms with E-state index in [-0.39, 0.29) is 17.3 Å². The van der Waals surface area contributed by atoms with Crippen LogP contribution in [0.5, 0.6) is 11.5 Å². The maximum atomic E-state index is 12.5. The Bertz CT molecular complexity index is 1400. The van der Waals surface area contributed by atoms with Gasteiger partial charge in [0.05, 0.1) is 16.0 Å². The summed E-state index contributed by atoms with van der Waals surface area (Å²) in [5, 5.41) is 11.3. The fraction of sp³-hybridized carbons (Fsp3) is 0.154. The number of carbonyl (C=O) groups is 1. The maximum absolute atomic E-state index is 12.5. The molecule has 3 aromatic rings. The standard InChI is InChI=1S/C26H20Br2N2O6/c1-3-34-23-13-17(11-20(28)24(23)35-14-16-7-9-18(27)10-8-16)12-21-26(31)36-25(29-21)19-5-4-6-22(15(19)2)30(32)33/h4-13H,3,14H2,1-2H3/b21-12-. The van der Waals surface area contributed by atoms with Crippen LogP contribution in [0.3, 0.4) is 0 Å². The number of hydrogen-bond donors (Lipinski definition) is 0. The predicted molar refractivity (Wildman–Crippen MR) is 142 cm³/mol. The number of nitrogens with zero attached hydrogens (tertiary/aromatic N) is 2. The number of benzene rings is 3. The van der Waals surface area contributed by atoms with Crippen molar-refractivity contribution in [1.82, 2.24) is 0 Å². The Hall–Kier alpha value is -3.50. The number of nitro benzene ring substituents is 1. The second-order valence-corrected chi connectivity index (χ2v) is 9.49. The summed E-state index contributed by atoms with van der Waals surface area (Å²) in [5.74, 6) is 0.403. The second kappa shape index (κ2) is 11.0. The van der Waals surface area contributed by atoms with Crippen LogP contribution in [-0.2, 0) is 16.1 Å². The molecule has 0 atom stereocenters. The minimum atomic E-state index is -0.652. The normalized spacial score (nSPS) is 13.9. The number of nitro groups is 1. The lowest BCUT2D eigenvalue weighted by atomic mass is 10.1. The monoisotopic (exact) mass is 614 g/mol. The van der Waals surface area contributed by atoms with Crippen LogP contribution in [0.25, 0.3) is 6.08 Å². The average Bonchev–Trinajstić information content (AvgIpc) is 3.19. The third-order valence-corrected chi connectivity index (χ3v) is 6.40. The highest BCUT2D eigenvalue weighted by molar-refractivity contribution is 9.10. The van der Waals surface area contributed by atoms with Crippen molar-refractivity contribution in [2.75, 3.05) is 6.61 Å². The molecule has 0 bridgehead atoms. The van der Waals surface area contributed by atoms with E-state index in [1.807, 2.05) is 31.2 Å². The highest BCUT2D eigenvalue weighted by Crippen LogP contribution is 2.38. The van der Waals surface area contributed by atoms with Gasteiger partial charge in [0.2, 0.25) is 5.90 Å². The lowest BCUT2D eigenvalue weighted by Gasteiger charge is -2.15. The highest BCUT2D eigenvalue weighted by atomic mass is 79.9. The molecule has 4 rings (SSSR count). The smallest absolute Gasteiger partial charge is 0.363 e. The van der Waals surface area contributed by atoms with Crippen LogP contribution in [0.1, 0.15) is 29.2 Å². The first kappa shape index (κ1) is 25.6. The van der Waals surface area contributed by atoms with Crippen LogP contribution in [-0.4, -0.2) is 23.4 Å². The Morgan fingerprint density at radius 1 is 1.11 bits per heavy atom. The van der Waals surface area contributed by atoms with Gasteiger partial charge in [0.1, 0.15) is 6.61 Å². The molecule has 10 heteroatoms. The molecule has 0 unspecified atom stereocenters. The molecule has 184 valence electrons. The van der Waals surface area contributed by atoms with Gasteiger partial charge in [-0.1, -0.05) is 34.1 Å². The van der Waals surface area contributed by atoms with Crippen LogP contribution < -0.4 is 9.47 Å². The van der Waals surface area contributed by atoms with E-state index in [1.165, 1.54) is 12.1 Å². The second-order valence-electron chi connectivity index (χ2n) is 7.72. The van der Waals surface area contributed by atoms with Crippen molar-refractivity contribution in [2.24, 2.45) is 4.99 Å². The first-order chi connectivity index (χ1) is 17.3. The molecule has 0 saturated carbocycles. The van der Waals surface area contributed by atoms with Gasteiger partial charge in [0, 0.05) is 21.7 Å². The van der Waals surface area contributed by atoms with Gasteiger partial charge in [-0.2, -0.15) is 0 Å². The van der Waals surface area contributed by atoms with Gasteiger partial charge in [0.15, 0.2) is 17.2 Å². The van der Waals surface area contributed by atoms with Gasteiger partial charge >= 0.3 is 5.97 Å². The summed E-state index contributed by atoms with van der Waals surface area (Å²) in [6, 6.07) is 15.9. The van der Waals surface area contributed by atoms with Crippen molar-refractivity contribution in [3.05, 3.63) is 102 Å². The van der Waals surface area contributed by atoms with Crippen LogP contribution in [0, 0.1) is 17.0 Å². The summed E-state index contributed by atoms with van der Waals surface area (Å²) in [7, 11) is 0. The van der Waals surface area contributed by atoms with E-state index in [2.05, 4.69) is 36.9 Å². The molecule has 0 radical (unpaired) electrons. The van der Waals surface area contributed by atoms with Gasteiger partial charge in [-0.05, 0) is 77.3 Å². The third-order valence-electron chi connectivity index (χ3n) is 5.28. The number of esters is 1. The number of cyclic esters (lactones) is 1. The molecule has 0 amide bonds. The summed E-state index contributed by atoms with van der Waals surface area (Å²) in [5.41, 5.74) is 2.36. The van der Waals surface area contributed by atoms with E-state index in [0.29, 0.717) is 45.9 Å². The van der Waals surface area contributed by atoms with Crippen molar-refractivity contribution in [3.8, 4) is 11.5 Å². The Balaban J connectivity index is 1.63. The highest BCUT2D eigenvalue weighted by Gasteiger charge is 2.27. The minimum Gasteiger partial charge on any atom is -0.490 e. The zero-order valence-corrected chi connectivity index (χ0v) is 22.5. The molecule has 0 aromatic heterocycles. The van der Waals surface area contributed by atoms with Crippen molar-refractivity contribution < 1.29 is 23.9 Å². The van der Waals surface area contributed by atoms with Crippen LogP contribution in [0.2, 0.25) is 0 Å². The van der Waals surface area contributed by atoms with E-state index in [4.69, 9.17) is 14.2 Å². The summed E-state index contributed by atoms with van der Waals surface area (Å²) in [4.78, 5) is 27.6. The predicted octanol–water partition coefficient (Wildman–Crippen LogP) is 6.75. The largest absolute Gasteiger partial charge is 0.490 e. The van der Waals surface area contributed by atoms with Gasteiger partial charge in [-0.15, -0.1) is 0 Å². The molecule has 0 aliphatic carbocycles. The summed E-state index contributed by atoms with van der Waals surface area (Å²) < 4.78 is 18.8. The molecule has 1 heterocycles. The van der Waals surface area contributed by atoms with Crippen molar-refractivity contribution in [2.45, 2.75) is 20.5 Å². The van der Waals surface area contributed by atoms with E-state index < -0.39 is 10.9 Å². The van der Waals surface area contributed by atoms with Crippen LogP contribution in [0.4, 0.5) is 5.69 Å². The Kier molecular flexibility index (Phi) is 7.85. The minimum absolute atomic E-state index is 0.0194. The molecule has 0 saturated heterocycles. The molecule has 1 aliphatic heterocycles. The summed E-state index contributed by atoms with van der Waals surface area (Å²) >= 11 is 6.96. The van der Waals surface area contributed by atoms with E-state index in [0.717, 1.165) is 10.0 Å². The zero-order valence-electron chi connectivity index (χ0n) is 19.3. The quantitative estimate of drug-likeness (QED) is 0.120. The molecule has 36 heavy (non-hydrogen) atoms. The number of ether oxygens (including phenoxy) is 3. The first-order valence-electron chi connectivity index (χ1n) is 10.9. The third kappa shape index (κ3) is 5.66. The first-order valence-corrected chi connectivity index (χ1v) is 12.5. The molecule has 1 aliphatic rings. The number of rotatable bonds is 8. The Morgan fingerprint density at radius 3 is 2.56 bits per heavy atom. The van der Waals surface area contributed by atoms with E-state index >= 15 is 0 Å². The fourth-order valence-electron chi connectivity index (χ4n) is 3.55. The topological polar surface area (TPSA) is 100 Å². The number of hydrogen-bond acceptors (Lipinski definition) is 7. The zero-order chi connectivity index (χ0) is 25.8. The Morgan fingerprint density at radius 2 is 1.86 bits per heavy atom. The number of carbonyl (C=O) groups excluding carboxylic acids is 1. The molecular weight excluding hydrogens is 596 g/mol.